The molecule has 13 heteroatoms. The van der Waals surface area contributed by atoms with Gasteiger partial charge in [0.15, 0.2) is 0 Å². The van der Waals surface area contributed by atoms with E-state index in [1.807, 2.05) is 55.4 Å². The van der Waals surface area contributed by atoms with Crippen molar-refractivity contribution >= 4 is 45.7 Å². The van der Waals surface area contributed by atoms with E-state index in [9.17, 15) is 28.8 Å². The minimum Gasteiger partial charge on any atom is -0.577 e. The van der Waals surface area contributed by atoms with Crippen LogP contribution in [0, 0.1) is 70.0 Å². The maximum absolute atomic E-state index is 12.2. The molecule has 0 aromatic carbocycles. The summed E-state index contributed by atoms with van der Waals surface area (Å²) in [5.74, 6) is 2.97. The summed E-state index contributed by atoms with van der Waals surface area (Å²) < 4.78 is 33.1. The smallest absolute Gasteiger partial charge is 0.333 e. The summed E-state index contributed by atoms with van der Waals surface area (Å²) in [6, 6.07) is 0. The summed E-state index contributed by atoms with van der Waals surface area (Å²) in [6.45, 7) is 35.1. The number of carbonyl (C=O) groups excluding carboxylic acids is 6. The van der Waals surface area contributed by atoms with Crippen LogP contribution in [0.1, 0.15) is 187 Å². The fourth-order valence-corrected chi connectivity index (χ4v) is 11.7. The highest BCUT2D eigenvalue weighted by Crippen LogP contribution is 2.57. The number of ether oxygens (including phenoxy) is 6. The molecule has 0 spiro atoms. The number of carbonyl (C=O) groups is 6. The minimum atomic E-state index is -0.455. The van der Waals surface area contributed by atoms with E-state index in [-0.39, 0.29) is 105 Å². The second-order valence-electron chi connectivity index (χ2n) is 24.5. The lowest BCUT2D eigenvalue weighted by Gasteiger charge is -2.39. The molecule has 10 atom stereocenters. The SMILES string of the molecule is C=C(C)C(=O)OC(C)(C)C1CCC(C)CC1.C=C(C)C(=O)OC1C2CC3C(=O)OC1C3C2.CCC(C)(C)C(=O)OC(C)(C)C1CCC(C)CC1.CCC(C)(C)C(=O)OC1C2CC3C(=O)OC1C3C2.[PH2-]. The lowest BCUT2D eigenvalue weighted by molar-refractivity contribution is -0.174. The molecule has 0 radical (unpaired) electrons. The Morgan fingerprint density at radius 3 is 1.29 bits per heavy atom. The zero-order chi connectivity index (χ0) is 50.8. The number of fused-ring (bicyclic) bond motifs is 2. The van der Waals surface area contributed by atoms with E-state index < -0.39 is 5.41 Å². The summed E-state index contributed by atoms with van der Waals surface area (Å²) in [6.07, 6.45) is 14.1. The summed E-state index contributed by atoms with van der Waals surface area (Å²) in [5.41, 5.74) is -0.607. The normalized spacial score (nSPS) is 33.6. The number of esters is 6. The third kappa shape index (κ3) is 13.6. The van der Waals surface area contributed by atoms with E-state index in [1.165, 1.54) is 38.5 Å². The molecule has 8 aliphatic rings. The third-order valence-corrected chi connectivity index (χ3v) is 17.6. The van der Waals surface area contributed by atoms with Crippen molar-refractivity contribution < 1.29 is 57.2 Å². The molecule has 2 heterocycles. The molecule has 6 aliphatic carbocycles. The molecule has 392 valence electrons. The van der Waals surface area contributed by atoms with E-state index in [0.717, 1.165) is 63.2 Å². The van der Waals surface area contributed by atoms with E-state index in [1.54, 1.807) is 13.8 Å². The van der Waals surface area contributed by atoms with Crippen LogP contribution in [-0.4, -0.2) is 71.4 Å². The lowest BCUT2D eigenvalue weighted by atomic mass is 9.75. The van der Waals surface area contributed by atoms with Gasteiger partial charge in [0.25, 0.3) is 0 Å². The number of hydrogen-bond acceptors (Lipinski definition) is 12. The molecule has 10 unspecified atom stereocenters. The monoisotopic (exact) mass is 986 g/mol. The van der Waals surface area contributed by atoms with Crippen LogP contribution in [0.15, 0.2) is 24.3 Å². The largest absolute Gasteiger partial charge is 0.577 e. The van der Waals surface area contributed by atoms with Crippen molar-refractivity contribution in [1.29, 1.82) is 0 Å². The summed E-state index contributed by atoms with van der Waals surface area (Å²) in [5, 5.41) is 0. The third-order valence-electron chi connectivity index (χ3n) is 17.6. The van der Waals surface area contributed by atoms with Crippen LogP contribution in [0.4, 0.5) is 0 Å². The van der Waals surface area contributed by atoms with Crippen molar-refractivity contribution in [1.82, 2.24) is 0 Å². The Morgan fingerprint density at radius 1 is 0.551 bits per heavy atom. The Hall–Kier alpha value is -3.27. The molecule has 69 heavy (non-hydrogen) atoms. The average molecular weight is 986 g/mol. The van der Waals surface area contributed by atoms with Gasteiger partial charge in [0.05, 0.1) is 22.7 Å². The van der Waals surface area contributed by atoms with Crippen molar-refractivity contribution in [2.24, 2.45) is 70.0 Å². The zero-order valence-corrected chi connectivity index (χ0v) is 46.0. The summed E-state index contributed by atoms with van der Waals surface area (Å²) >= 11 is 0. The van der Waals surface area contributed by atoms with Crippen molar-refractivity contribution in [3.63, 3.8) is 0 Å². The first kappa shape index (κ1) is 58.3. The van der Waals surface area contributed by atoms with E-state index in [2.05, 4.69) is 40.9 Å². The standard InChI is InChI=1S/C16H30O2.C14H20O4.C14H24O2.C12H14O4.H2P/c1-7-15(3,4)14(17)18-16(5,6)13-10-8-12(2)9-11-13;1-4-14(2,3)13(16)18-10-7-5-8-9(6-7)12(15)17-11(8)10;1-10(2)13(15)16-14(4,5)12-8-6-11(3)7-9-12;1-5(2)11(13)15-9-6-3-7-8(4-6)12(14)16-10(7)9;/h12-13H,7-11H2,1-6H3;7-11H,4-6H2,1-3H3;11-12H,1,6-9H2,2-5H3;6-10H,1,3-4H2,2H3;1H2/q;;;;-1. The van der Waals surface area contributed by atoms with Crippen LogP contribution in [0.2, 0.25) is 0 Å². The van der Waals surface area contributed by atoms with Gasteiger partial charge in [-0.15, -0.1) is 0 Å². The van der Waals surface area contributed by atoms with Gasteiger partial charge >= 0.3 is 35.8 Å². The van der Waals surface area contributed by atoms with Crippen LogP contribution < -0.4 is 0 Å². The Bertz CT molecular complexity index is 1880. The number of rotatable bonds is 12. The van der Waals surface area contributed by atoms with Crippen LogP contribution in [-0.2, 0) is 57.2 Å². The molecule has 0 amide bonds. The fraction of sp³-hybridized carbons (Fsp3) is 0.821. The second kappa shape index (κ2) is 23.1. The number of hydrogen-bond donors (Lipinski definition) is 0. The molecule has 0 aromatic rings. The van der Waals surface area contributed by atoms with E-state index >= 15 is 0 Å². The highest BCUT2D eigenvalue weighted by atomic mass is 31.0. The highest BCUT2D eigenvalue weighted by Gasteiger charge is 2.64. The lowest BCUT2D eigenvalue weighted by Crippen LogP contribution is -2.42. The Balaban J connectivity index is 0.000000200. The summed E-state index contributed by atoms with van der Waals surface area (Å²) in [4.78, 5) is 70.4. The molecular formula is C56H90O12P-. The first-order chi connectivity index (χ1) is 31.5. The molecule has 2 saturated heterocycles. The van der Waals surface area contributed by atoms with Gasteiger partial charge in [-0.3, -0.25) is 19.2 Å². The summed E-state index contributed by atoms with van der Waals surface area (Å²) in [7, 11) is 0. The molecule has 0 aromatic heterocycles. The van der Waals surface area contributed by atoms with Gasteiger partial charge in [0.1, 0.15) is 35.6 Å². The van der Waals surface area contributed by atoms with Crippen molar-refractivity contribution in [3.05, 3.63) is 24.3 Å². The van der Waals surface area contributed by atoms with Crippen LogP contribution in [0.5, 0.6) is 0 Å². The first-order valence-corrected chi connectivity index (χ1v) is 26.1. The average Bonchev–Trinajstić information content (AvgIpc) is 4.11. The van der Waals surface area contributed by atoms with E-state index in [4.69, 9.17) is 28.4 Å². The Labute approximate surface area is 418 Å². The Morgan fingerprint density at radius 2 is 0.913 bits per heavy atom. The van der Waals surface area contributed by atoms with Crippen LogP contribution >= 0.6 is 9.90 Å². The molecule has 8 rings (SSSR count). The van der Waals surface area contributed by atoms with Gasteiger partial charge in [0, 0.05) is 34.8 Å². The van der Waals surface area contributed by atoms with Gasteiger partial charge in [0.2, 0.25) is 0 Å². The molecule has 6 saturated carbocycles. The predicted octanol–water partition coefficient (Wildman–Crippen LogP) is 11.6. The van der Waals surface area contributed by atoms with Crippen LogP contribution in [0.3, 0.4) is 0 Å². The fourth-order valence-electron chi connectivity index (χ4n) is 11.7. The van der Waals surface area contributed by atoms with Crippen LogP contribution in [0.25, 0.3) is 0 Å². The molecular weight excluding hydrogens is 896 g/mol. The topological polar surface area (TPSA) is 158 Å². The minimum absolute atomic E-state index is 0. The quantitative estimate of drug-likeness (QED) is 0.0790. The zero-order valence-electron chi connectivity index (χ0n) is 44.9. The molecule has 8 fully saturated rings. The molecule has 4 bridgehead atoms. The van der Waals surface area contributed by atoms with Gasteiger partial charge in [-0.25, -0.2) is 9.59 Å². The van der Waals surface area contributed by atoms with Crippen molar-refractivity contribution in [2.45, 2.75) is 222 Å². The maximum Gasteiger partial charge on any atom is 0.333 e. The van der Waals surface area contributed by atoms with Gasteiger partial charge in [-0.1, -0.05) is 66.5 Å². The van der Waals surface area contributed by atoms with Crippen molar-refractivity contribution in [3.8, 4) is 0 Å². The second-order valence-corrected chi connectivity index (χ2v) is 24.5. The molecule has 2 aliphatic heterocycles. The van der Waals surface area contributed by atoms with Gasteiger partial charge in [-0.05, 0) is 157 Å². The maximum atomic E-state index is 12.2. The molecule has 0 N–H and O–H groups in total. The van der Waals surface area contributed by atoms with E-state index in [0.29, 0.717) is 40.7 Å². The van der Waals surface area contributed by atoms with Gasteiger partial charge in [-0.2, -0.15) is 0 Å². The molecule has 12 nitrogen and oxygen atoms in total. The van der Waals surface area contributed by atoms with Gasteiger partial charge < -0.3 is 38.3 Å². The van der Waals surface area contributed by atoms with Crippen molar-refractivity contribution in [2.75, 3.05) is 0 Å². The highest BCUT2D eigenvalue weighted by molar-refractivity contribution is 6.92. The first-order valence-electron chi connectivity index (χ1n) is 26.1. The predicted molar refractivity (Wildman–Crippen MR) is 269 cm³/mol. The Kier molecular flexibility index (Phi) is 19.5.